The summed E-state index contributed by atoms with van der Waals surface area (Å²) in [5.74, 6) is 0.0297. The van der Waals surface area contributed by atoms with Crippen LogP contribution in [0.3, 0.4) is 0 Å². The second-order valence-electron chi connectivity index (χ2n) is 9.00. The molecule has 2 aliphatic rings. The third-order valence-corrected chi connectivity index (χ3v) is 6.41. The molecule has 1 fully saturated rings. The van der Waals surface area contributed by atoms with E-state index in [1.54, 1.807) is 26.1 Å². The monoisotopic (exact) mass is 485 g/mol. The van der Waals surface area contributed by atoms with E-state index < -0.39 is 23.2 Å². The molecule has 0 aromatic heterocycles. The fourth-order valence-electron chi connectivity index (χ4n) is 4.32. The number of urea groups is 1. The predicted molar refractivity (Wildman–Crippen MR) is 134 cm³/mol. The number of carbonyl (C=O) groups excluding carboxylic acids is 2. The SMILES string of the molecule is CCCCCCCCCCN1C(N/N=C(/C)c2cccc([N+](=O)[O-])c2)=NC2C1C(=O)NC(=O)N2C. The summed E-state index contributed by atoms with van der Waals surface area (Å²) in [5.41, 5.74) is 4.06. The van der Waals surface area contributed by atoms with Crippen molar-refractivity contribution in [1.82, 2.24) is 20.5 Å². The Bertz CT molecular complexity index is 994. The summed E-state index contributed by atoms with van der Waals surface area (Å²) in [5, 5.41) is 17.9. The molecule has 3 amide bonds. The number of carbonyl (C=O) groups is 2. The normalized spacial score (nSPS) is 20.0. The Kier molecular flexibility index (Phi) is 9.16. The molecule has 11 heteroatoms. The average molecular weight is 486 g/mol. The number of amides is 3. The minimum atomic E-state index is -0.638. The van der Waals surface area contributed by atoms with Crippen LogP contribution in [0.15, 0.2) is 34.4 Å². The highest BCUT2D eigenvalue weighted by molar-refractivity contribution is 6.04. The first kappa shape index (κ1) is 26.1. The van der Waals surface area contributed by atoms with E-state index in [4.69, 9.17) is 0 Å². The number of nitro benzene ring substituents is 1. The van der Waals surface area contributed by atoms with E-state index in [0.29, 0.717) is 23.8 Å². The number of rotatable bonds is 12. The Morgan fingerprint density at radius 2 is 1.86 bits per heavy atom. The Labute approximate surface area is 205 Å². The maximum absolute atomic E-state index is 12.7. The van der Waals surface area contributed by atoms with Crippen LogP contribution in [0.1, 0.15) is 70.8 Å². The first-order valence-electron chi connectivity index (χ1n) is 12.3. The number of likely N-dealkylation sites (N-methyl/N-ethyl adjacent to an activating group) is 1. The van der Waals surface area contributed by atoms with Gasteiger partial charge in [0, 0.05) is 31.3 Å². The Hall–Kier alpha value is -3.50. The number of nitrogens with one attached hydrogen (secondary N) is 2. The second kappa shape index (κ2) is 12.3. The number of guanidine groups is 1. The van der Waals surface area contributed by atoms with Crippen molar-refractivity contribution < 1.29 is 14.5 Å². The van der Waals surface area contributed by atoms with Crippen LogP contribution in [-0.2, 0) is 4.79 Å². The molecule has 0 bridgehead atoms. The number of aliphatic imine (C=N–C) groups is 1. The van der Waals surface area contributed by atoms with Crippen LogP contribution < -0.4 is 10.7 Å². The molecular formula is C24H35N7O4. The van der Waals surface area contributed by atoms with E-state index in [1.807, 2.05) is 4.90 Å². The maximum Gasteiger partial charge on any atom is 0.325 e. The minimum absolute atomic E-state index is 0.0191. The molecule has 3 rings (SSSR count). The van der Waals surface area contributed by atoms with Crippen LogP contribution in [0.4, 0.5) is 10.5 Å². The van der Waals surface area contributed by atoms with Gasteiger partial charge < -0.3 is 9.80 Å². The van der Waals surface area contributed by atoms with Gasteiger partial charge in [-0.1, -0.05) is 64.0 Å². The summed E-state index contributed by atoms with van der Waals surface area (Å²) in [6.07, 6.45) is 8.66. The standard InChI is InChI=1S/C24H35N7O4/c1-4-5-6-7-8-9-10-11-15-30-20-21(29(3)24(33)26-22(20)32)25-23(30)28-27-17(2)18-13-12-14-19(16-18)31(34)35/h12-14,16,20-21H,4-11,15H2,1-3H3,(H,25,28)(H,26,32,33)/b27-17-. The molecule has 0 spiro atoms. The second-order valence-corrected chi connectivity index (χ2v) is 9.00. The Balaban J connectivity index is 1.68. The lowest BCUT2D eigenvalue weighted by atomic mass is 10.1. The highest BCUT2D eigenvalue weighted by Crippen LogP contribution is 2.24. The van der Waals surface area contributed by atoms with E-state index in [2.05, 4.69) is 27.8 Å². The number of benzene rings is 1. The van der Waals surface area contributed by atoms with Crippen LogP contribution in [0.5, 0.6) is 0 Å². The number of hydrogen-bond acceptors (Lipinski definition) is 8. The number of non-ortho nitro benzene ring substituents is 1. The average Bonchev–Trinajstić information content (AvgIpc) is 3.21. The van der Waals surface area contributed by atoms with E-state index in [9.17, 15) is 19.7 Å². The third kappa shape index (κ3) is 6.55. The molecule has 0 saturated carbocycles. The lowest BCUT2D eigenvalue weighted by Gasteiger charge is -2.36. The van der Waals surface area contributed by atoms with E-state index in [0.717, 1.165) is 19.3 Å². The molecule has 1 aromatic carbocycles. The van der Waals surface area contributed by atoms with Crippen molar-refractivity contribution >= 4 is 29.3 Å². The lowest BCUT2D eigenvalue weighted by molar-refractivity contribution is -0.384. The van der Waals surface area contributed by atoms with Gasteiger partial charge in [0.1, 0.15) is 0 Å². The molecule has 2 heterocycles. The molecule has 2 atom stereocenters. The highest BCUT2D eigenvalue weighted by atomic mass is 16.6. The van der Waals surface area contributed by atoms with Gasteiger partial charge in [0.25, 0.3) is 11.6 Å². The van der Waals surface area contributed by atoms with Gasteiger partial charge in [0.2, 0.25) is 5.96 Å². The zero-order chi connectivity index (χ0) is 25.4. The zero-order valence-corrected chi connectivity index (χ0v) is 20.7. The molecule has 0 aliphatic carbocycles. The summed E-state index contributed by atoms with van der Waals surface area (Å²) in [6.45, 7) is 4.54. The van der Waals surface area contributed by atoms with Gasteiger partial charge in [-0.25, -0.2) is 15.2 Å². The smallest absolute Gasteiger partial charge is 0.325 e. The van der Waals surface area contributed by atoms with Gasteiger partial charge in [-0.15, -0.1) is 0 Å². The first-order valence-corrected chi connectivity index (χ1v) is 12.3. The van der Waals surface area contributed by atoms with Crippen molar-refractivity contribution in [2.45, 2.75) is 77.4 Å². The van der Waals surface area contributed by atoms with Crippen LogP contribution in [-0.4, -0.2) is 64.1 Å². The van der Waals surface area contributed by atoms with Crippen molar-refractivity contribution in [2.24, 2.45) is 10.1 Å². The third-order valence-electron chi connectivity index (χ3n) is 6.41. The number of imide groups is 1. The molecule has 2 unspecified atom stereocenters. The quantitative estimate of drug-likeness (QED) is 0.201. The fraction of sp³-hybridized carbons (Fsp3) is 0.583. The van der Waals surface area contributed by atoms with Crippen LogP contribution in [0.25, 0.3) is 0 Å². The summed E-state index contributed by atoms with van der Waals surface area (Å²) in [4.78, 5) is 43.3. The summed E-state index contributed by atoms with van der Waals surface area (Å²) >= 11 is 0. The molecule has 2 N–H and O–H groups in total. The Morgan fingerprint density at radius 1 is 1.17 bits per heavy atom. The minimum Gasteiger partial charge on any atom is -0.326 e. The van der Waals surface area contributed by atoms with Gasteiger partial charge in [0.15, 0.2) is 12.2 Å². The van der Waals surface area contributed by atoms with Crippen molar-refractivity contribution in [3.8, 4) is 0 Å². The lowest BCUT2D eigenvalue weighted by Crippen LogP contribution is -2.64. The molecule has 35 heavy (non-hydrogen) atoms. The van der Waals surface area contributed by atoms with Crippen molar-refractivity contribution in [3.05, 3.63) is 39.9 Å². The largest absolute Gasteiger partial charge is 0.326 e. The van der Waals surface area contributed by atoms with E-state index in [1.165, 1.54) is 49.1 Å². The first-order chi connectivity index (χ1) is 16.8. The number of hydrazone groups is 1. The van der Waals surface area contributed by atoms with Gasteiger partial charge in [-0.05, 0) is 13.3 Å². The molecule has 190 valence electrons. The summed E-state index contributed by atoms with van der Waals surface area (Å²) < 4.78 is 0. The molecule has 1 saturated heterocycles. The van der Waals surface area contributed by atoms with Crippen LogP contribution in [0, 0.1) is 10.1 Å². The molecular weight excluding hydrogens is 450 g/mol. The maximum atomic E-state index is 12.7. The topological polar surface area (TPSA) is 133 Å². The van der Waals surface area contributed by atoms with E-state index >= 15 is 0 Å². The van der Waals surface area contributed by atoms with Crippen molar-refractivity contribution in [3.63, 3.8) is 0 Å². The van der Waals surface area contributed by atoms with Crippen LogP contribution in [0.2, 0.25) is 0 Å². The van der Waals surface area contributed by atoms with Crippen molar-refractivity contribution in [2.75, 3.05) is 13.6 Å². The van der Waals surface area contributed by atoms with Gasteiger partial charge in [-0.3, -0.25) is 20.2 Å². The van der Waals surface area contributed by atoms with Gasteiger partial charge >= 0.3 is 6.03 Å². The van der Waals surface area contributed by atoms with Gasteiger partial charge in [-0.2, -0.15) is 5.10 Å². The number of fused-ring (bicyclic) bond motifs is 1. The highest BCUT2D eigenvalue weighted by Gasteiger charge is 2.48. The number of unbranched alkanes of at least 4 members (excludes halogenated alkanes) is 7. The zero-order valence-electron chi connectivity index (χ0n) is 20.7. The van der Waals surface area contributed by atoms with Gasteiger partial charge in [0.05, 0.1) is 10.6 Å². The van der Waals surface area contributed by atoms with Crippen LogP contribution >= 0.6 is 0 Å². The molecule has 11 nitrogen and oxygen atoms in total. The molecule has 1 aromatic rings. The fourth-order valence-corrected chi connectivity index (χ4v) is 4.32. The number of nitrogens with zero attached hydrogens (tertiary/aromatic N) is 5. The number of hydrogen-bond donors (Lipinski definition) is 2. The summed E-state index contributed by atoms with van der Waals surface area (Å²) in [7, 11) is 1.61. The molecule has 2 aliphatic heterocycles. The predicted octanol–water partition coefficient (Wildman–Crippen LogP) is 3.60. The molecule has 0 radical (unpaired) electrons. The Morgan fingerprint density at radius 3 is 2.54 bits per heavy atom. The van der Waals surface area contributed by atoms with E-state index in [-0.39, 0.29) is 11.6 Å². The van der Waals surface area contributed by atoms with Crippen molar-refractivity contribution in [1.29, 1.82) is 0 Å². The summed E-state index contributed by atoms with van der Waals surface area (Å²) in [6, 6.07) is 5.11. The number of nitro groups is 1.